The van der Waals surface area contributed by atoms with Gasteiger partial charge in [0.1, 0.15) is 17.5 Å². The smallest absolute Gasteiger partial charge is 0.408 e. The van der Waals surface area contributed by atoms with E-state index in [0.29, 0.717) is 6.29 Å². The highest BCUT2D eigenvalue weighted by atomic mass is 16.6. The molecular formula is C14H27NO5. The molecule has 1 N–H and O–H groups in total. The van der Waals surface area contributed by atoms with Crippen molar-refractivity contribution in [2.45, 2.75) is 72.6 Å². The maximum absolute atomic E-state index is 11.5. The van der Waals surface area contributed by atoms with E-state index in [0.717, 1.165) is 0 Å². The summed E-state index contributed by atoms with van der Waals surface area (Å²) in [5, 5.41) is 2.31. The number of carbonyl (C=O) groups excluding carboxylic acids is 3. The maximum atomic E-state index is 11.5. The zero-order chi connectivity index (χ0) is 15.3. The largest absolute Gasteiger partial charge is 0.460 e. The van der Waals surface area contributed by atoms with Crippen molar-refractivity contribution in [1.29, 1.82) is 0 Å². The van der Waals surface area contributed by atoms with Gasteiger partial charge in [0.05, 0.1) is 12.5 Å². The maximum Gasteiger partial charge on any atom is 0.408 e. The fraction of sp³-hybridized carbons (Fsp3) is 0.786. The Morgan fingerprint density at radius 3 is 1.85 bits per heavy atom. The van der Waals surface area contributed by atoms with Crippen molar-refractivity contribution in [2.24, 2.45) is 0 Å². The molecular weight excluding hydrogens is 262 g/mol. The van der Waals surface area contributed by atoms with Gasteiger partial charge in [-0.1, -0.05) is 7.43 Å². The molecule has 118 valence electrons. The minimum atomic E-state index is -0.954. The van der Waals surface area contributed by atoms with Crippen LogP contribution in [0.2, 0.25) is 0 Å². The van der Waals surface area contributed by atoms with Gasteiger partial charge in [-0.3, -0.25) is 4.79 Å². The number of hydrogen-bond acceptors (Lipinski definition) is 5. The van der Waals surface area contributed by atoms with Crippen LogP contribution < -0.4 is 5.32 Å². The number of carbonyl (C=O) groups is 3. The molecule has 1 amide bonds. The van der Waals surface area contributed by atoms with Gasteiger partial charge < -0.3 is 19.6 Å². The van der Waals surface area contributed by atoms with E-state index in [4.69, 9.17) is 9.47 Å². The molecule has 0 bridgehead atoms. The molecule has 6 heteroatoms. The average Bonchev–Trinajstić information content (AvgIpc) is 2.10. The Labute approximate surface area is 121 Å². The third kappa shape index (κ3) is 11.5. The van der Waals surface area contributed by atoms with Crippen molar-refractivity contribution in [3.05, 3.63) is 0 Å². The highest BCUT2D eigenvalue weighted by molar-refractivity contribution is 5.79. The topological polar surface area (TPSA) is 81.7 Å². The van der Waals surface area contributed by atoms with Gasteiger partial charge >= 0.3 is 12.1 Å². The molecule has 0 aromatic rings. The molecule has 0 rings (SSSR count). The first-order valence-corrected chi connectivity index (χ1v) is 6.09. The van der Waals surface area contributed by atoms with Crippen LogP contribution in [0.5, 0.6) is 0 Å². The van der Waals surface area contributed by atoms with Crippen molar-refractivity contribution < 1.29 is 23.9 Å². The molecule has 0 aliphatic rings. The highest BCUT2D eigenvalue weighted by Gasteiger charge is 2.23. The van der Waals surface area contributed by atoms with Gasteiger partial charge in [0, 0.05) is 0 Å². The summed E-state index contributed by atoms with van der Waals surface area (Å²) in [5.74, 6) is -0.555. The molecule has 0 saturated heterocycles. The van der Waals surface area contributed by atoms with Gasteiger partial charge in [-0.2, -0.15) is 0 Å². The second kappa shape index (κ2) is 7.87. The quantitative estimate of drug-likeness (QED) is 0.635. The van der Waals surface area contributed by atoms with Gasteiger partial charge in [0.2, 0.25) is 0 Å². The van der Waals surface area contributed by atoms with Crippen molar-refractivity contribution in [3.63, 3.8) is 0 Å². The molecule has 0 unspecified atom stereocenters. The highest BCUT2D eigenvalue weighted by Crippen LogP contribution is 2.10. The zero-order valence-corrected chi connectivity index (χ0v) is 12.4. The number of alkyl carbamates (subject to hydrolysis) is 1. The number of aldehydes is 1. The van der Waals surface area contributed by atoms with Crippen LogP contribution >= 0.6 is 0 Å². The summed E-state index contributed by atoms with van der Waals surface area (Å²) in [4.78, 5) is 33.8. The van der Waals surface area contributed by atoms with Crippen LogP contribution in [0.3, 0.4) is 0 Å². The second-order valence-electron chi connectivity index (χ2n) is 6.18. The second-order valence-corrected chi connectivity index (χ2v) is 6.18. The van der Waals surface area contributed by atoms with Crippen molar-refractivity contribution >= 4 is 18.3 Å². The Bertz CT molecular complexity index is 308. The molecule has 1 atom stereocenters. The summed E-state index contributed by atoms with van der Waals surface area (Å²) >= 11 is 0. The molecule has 0 saturated carbocycles. The summed E-state index contributed by atoms with van der Waals surface area (Å²) in [6, 6.07) is -0.954. The number of hydrogen-bond donors (Lipinski definition) is 1. The monoisotopic (exact) mass is 289 g/mol. The van der Waals surface area contributed by atoms with Gasteiger partial charge in [-0.05, 0) is 41.5 Å². The van der Waals surface area contributed by atoms with Crippen LogP contribution in [0.15, 0.2) is 0 Å². The molecule has 0 heterocycles. The SMILES string of the molecule is C.CC(C)(C)OC(=O)C[C@@H](C=O)NC(=O)OC(C)(C)C. The lowest BCUT2D eigenvalue weighted by Crippen LogP contribution is -2.41. The van der Waals surface area contributed by atoms with Crippen molar-refractivity contribution in [2.75, 3.05) is 0 Å². The predicted molar refractivity (Wildman–Crippen MR) is 76.4 cm³/mol. The summed E-state index contributed by atoms with van der Waals surface area (Å²) in [6.45, 7) is 10.3. The molecule has 0 aliphatic carbocycles. The summed E-state index contributed by atoms with van der Waals surface area (Å²) in [5.41, 5.74) is -1.29. The molecule has 0 spiro atoms. The normalized spacial score (nSPS) is 12.7. The Morgan fingerprint density at radius 2 is 1.50 bits per heavy atom. The molecule has 0 aromatic carbocycles. The third-order valence-electron chi connectivity index (χ3n) is 1.67. The number of ether oxygens (including phenoxy) is 2. The fourth-order valence-corrected chi connectivity index (χ4v) is 1.15. The lowest BCUT2D eigenvalue weighted by Gasteiger charge is -2.23. The zero-order valence-electron chi connectivity index (χ0n) is 12.4. The molecule has 0 aromatic heterocycles. The van der Waals surface area contributed by atoms with E-state index in [2.05, 4.69) is 5.32 Å². The van der Waals surface area contributed by atoms with Crippen LogP contribution in [-0.2, 0) is 19.1 Å². The minimum absolute atomic E-state index is 0. The summed E-state index contributed by atoms with van der Waals surface area (Å²) in [6.07, 6.45) is -0.485. The van der Waals surface area contributed by atoms with Gasteiger partial charge in [-0.25, -0.2) is 4.79 Å². The number of esters is 1. The minimum Gasteiger partial charge on any atom is -0.460 e. The lowest BCUT2D eigenvalue weighted by molar-refractivity contribution is -0.155. The fourth-order valence-electron chi connectivity index (χ4n) is 1.15. The third-order valence-corrected chi connectivity index (χ3v) is 1.67. The number of rotatable bonds is 4. The van der Waals surface area contributed by atoms with E-state index in [1.807, 2.05) is 0 Å². The average molecular weight is 289 g/mol. The van der Waals surface area contributed by atoms with E-state index in [9.17, 15) is 14.4 Å². The van der Waals surface area contributed by atoms with E-state index >= 15 is 0 Å². The molecule has 20 heavy (non-hydrogen) atoms. The van der Waals surface area contributed by atoms with E-state index in [1.54, 1.807) is 41.5 Å². The predicted octanol–water partition coefficient (Wildman–Crippen LogP) is 2.45. The molecule has 0 aliphatic heterocycles. The first kappa shape index (κ1) is 20.7. The van der Waals surface area contributed by atoms with Gasteiger partial charge in [0.25, 0.3) is 0 Å². The number of amides is 1. The summed E-state index contributed by atoms with van der Waals surface area (Å²) in [7, 11) is 0. The summed E-state index contributed by atoms with van der Waals surface area (Å²) < 4.78 is 10.1. The first-order valence-electron chi connectivity index (χ1n) is 6.09. The Kier molecular flexibility index (Phi) is 8.15. The van der Waals surface area contributed by atoms with Crippen LogP contribution in [0.4, 0.5) is 4.79 Å². The van der Waals surface area contributed by atoms with Gasteiger partial charge in [-0.15, -0.1) is 0 Å². The van der Waals surface area contributed by atoms with Crippen molar-refractivity contribution in [1.82, 2.24) is 5.32 Å². The Hall–Kier alpha value is -1.59. The van der Waals surface area contributed by atoms with Crippen molar-refractivity contribution in [3.8, 4) is 0 Å². The van der Waals surface area contributed by atoms with E-state index in [1.165, 1.54) is 0 Å². The van der Waals surface area contributed by atoms with Crippen LogP contribution in [0.1, 0.15) is 55.4 Å². The number of nitrogens with one attached hydrogen (secondary N) is 1. The standard InChI is InChI=1S/C13H23NO5.CH4/c1-12(2,3)18-10(16)7-9(8-15)14-11(17)19-13(4,5)6;/h8-9H,7H2,1-6H3,(H,14,17);1H4/t9-;/m0./s1. The van der Waals surface area contributed by atoms with Crippen LogP contribution in [0, 0.1) is 0 Å². The molecule has 6 nitrogen and oxygen atoms in total. The molecule has 0 fully saturated rings. The van der Waals surface area contributed by atoms with Gasteiger partial charge in [0.15, 0.2) is 0 Å². The van der Waals surface area contributed by atoms with E-state index in [-0.39, 0.29) is 13.8 Å². The Morgan fingerprint density at radius 1 is 1.05 bits per heavy atom. The first-order chi connectivity index (χ1) is 8.43. The molecule has 0 radical (unpaired) electrons. The lowest BCUT2D eigenvalue weighted by atomic mass is 10.2. The van der Waals surface area contributed by atoms with E-state index < -0.39 is 29.3 Å². The Balaban J connectivity index is 0. The van der Waals surface area contributed by atoms with Crippen LogP contribution in [-0.4, -0.2) is 35.6 Å². The van der Waals surface area contributed by atoms with Crippen LogP contribution in [0.25, 0.3) is 0 Å².